The minimum Gasteiger partial charge on any atom is -0.307 e. The number of carbonyl (C=O) groups is 1. The molecule has 1 aliphatic rings. The molecule has 1 unspecified atom stereocenters. The van der Waals surface area contributed by atoms with Crippen LogP contribution in [0.3, 0.4) is 0 Å². The fourth-order valence-electron chi connectivity index (χ4n) is 2.45. The van der Waals surface area contributed by atoms with E-state index >= 15 is 0 Å². The fourth-order valence-corrected chi connectivity index (χ4v) is 2.45. The van der Waals surface area contributed by atoms with Crippen molar-refractivity contribution in [2.75, 3.05) is 4.90 Å². The topological polar surface area (TPSA) is 44.1 Å². The van der Waals surface area contributed by atoms with E-state index in [1.54, 1.807) is 4.90 Å². The van der Waals surface area contributed by atoms with Crippen LogP contribution in [-0.2, 0) is 11.3 Å². The molecule has 92 valence electrons. The maximum atomic E-state index is 12.4. The van der Waals surface area contributed by atoms with Crippen molar-refractivity contribution in [3.8, 4) is 6.07 Å². The molecular formula is C16H12N2O. The quantitative estimate of drug-likeness (QED) is 0.779. The fraction of sp³-hybridized carbons (Fsp3) is 0.125. The predicted octanol–water partition coefficient (Wildman–Crippen LogP) is 2.84. The van der Waals surface area contributed by atoms with Crippen molar-refractivity contribution < 1.29 is 4.79 Å². The van der Waals surface area contributed by atoms with Crippen LogP contribution in [0.5, 0.6) is 0 Å². The molecule has 0 aliphatic carbocycles. The van der Waals surface area contributed by atoms with Gasteiger partial charge < -0.3 is 4.90 Å². The second kappa shape index (κ2) is 4.58. The molecule has 3 heteroatoms. The standard InChI is InChI=1S/C16H12N2O/c17-10-15-14-9-5-4-6-12(14)11-18(16(15)19)13-7-2-1-3-8-13/h1-9,15H,11H2. The molecule has 3 nitrogen and oxygen atoms in total. The number of anilines is 1. The van der Waals surface area contributed by atoms with Gasteiger partial charge in [0, 0.05) is 5.69 Å². The van der Waals surface area contributed by atoms with Crippen molar-refractivity contribution in [1.82, 2.24) is 0 Å². The van der Waals surface area contributed by atoms with Gasteiger partial charge in [0.05, 0.1) is 12.6 Å². The van der Waals surface area contributed by atoms with E-state index in [0.29, 0.717) is 6.54 Å². The second-order valence-corrected chi connectivity index (χ2v) is 4.52. The van der Waals surface area contributed by atoms with Gasteiger partial charge in [-0.3, -0.25) is 4.79 Å². The molecule has 19 heavy (non-hydrogen) atoms. The normalized spacial score (nSPS) is 17.7. The number of amides is 1. The number of para-hydroxylation sites is 1. The smallest absolute Gasteiger partial charge is 0.249 e. The van der Waals surface area contributed by atoms with Crippen LogP contribution in [0.2, 0.25) is 0 Å². The minimum absolute atomic E-state index is 0.146. The summed E-state index contributed by atoms with van der Waals surface area (Å²) in [5, 5.41) is 9.28. The van der Waals surface area contributed by atoms with E-state index in [-0.39, 0.29) is 5.91 Å². The van der Waals surface area contributed by atoms with Gasteiger partial charge in [-0.2, -0.15) is 5.26 Å². The van der Waals surface area contributed by atoms with Crippen LogP contribution < -0.4 is 4.90 Å². The first-order chi connectivity index (χ1) is 9.31. The summed E-state index contributed by atoms with van der Waals surface area (Å²) in [5.74, 6) is -0.849. The van der Waals surface area contributed by atoms with E-state index in [4.69, 9.17) is 0 Å². The maximum absolute atomic E-state index is 12.4. The summed E-state index contributed by atoms with van der Waals surface area (Å²) >= 11 is 0. The Morgan fingerprint density at radius 3 is 2.47 bits per heavy atom. The van der Waals surface area contributed by atoms with E-state index in [9.17, 15) is 10.1 Å². The van der Waals surface area contributed by atoms with Crippen molar-refractivity contribution in [2.24, 2.45) is 0 Å². The van der Waals surface area contributed by atoms with Gasteiger partial charge in [0.1, 0.15) is 0 Å². The number of benzene rings is 2. The van der Waals surface area contributed by atoms with Crippen LogP contribution in [0, 0.1) is 11.3 Å². The molecule has 0 aromatic heterocycles. The van der Waals surface area contributed by atoms with E-state index in [2.05, 4.69) is 6.07 Å². The highest BCUT2D eigenvalue weighted by molar-refractivity contribution is 6.01. The Bertz CT molecular complexity index is 658. The van der Waals surface area contributed by atoms with Crippen LogP contribution in [0.25, 0.3) is 0 Å². The average molecular weight is 248 g/mol. The van der Waals surface area contributed by atoms with Crippen molar-refractivity contribution in [3.63, 3.8) is 0 Å². The van der Waals surface area contributed by atoms with E-state index < -0.39 is 5.92 Å². The number of nitriles is 1. The maximum Gasteiger partial charge on any atom is 0.249 e. The molecule has 0 radical (unpaired) electrons. The van der Waals surface area contributed by atoms with Gasteiger partial charge in [-0.1, -0.05) is 42.5 Å². The third kappa shape index (κ3) is 1.88. The van der Waals surface area contributed by atoms with Gasteiger partial charge in [-0.25, -0.2) is 0 Å². The van der Waals surface area contributed by atoms with Gasteiger partial charge in [-0.15, -0.1) is 0 Å². The molecule has 0 fully saturated rings. The second-order valence-electron chi connectivity index (χ2n) is 4.52. The molecule has 0 N–H and O–H groups in total. The summed E-state index contributed by atoms with van der Waals surface area (Å²) in [4.78, 5) is 14.1. The molecular weight excluding hydrogens is 236 g/mol. The summed E-state index contributed by atoms with van der Waals surface area (Å²) in [6.45, 7) is 0.525. The van der Waals surface area contributed by atoms with Crippen LogP contribution >= 0.6 is 0 Å². The minimum atomic E-state index is -0.704. The Morgan fingerprint density at radius 2 is 1.74 bits per heavy atom. The zero-order chi connectivity index (χ0) is 13.2. The number of carbonyl (C=O) groups excluding carboxylic acids is 1. The molecule has 0 spiro atoms. The third-order valence-electron chi connectivity index (χ3n) is 3.40. The van der Waals surface area contributed by atoms with Gasteiger partial charge in [-0.05, 0) is 23.3 Å². The lowest BCUT2D eigenvalue weighted by Gasteiger charge is -2.31. The van der Waals surface area contributed by atoms with E-state index in [1.165, 1.54) is 0 Å². The molecule has 3 rings (SSSR count). The lowest BCUT2D eigenvalue weighted by atomic mass is 9.90. The molecule has 1 atom stereocenters. The van der Waals surface area contributed by atoms with Crippen LogP contribution in [0.1, 0.15) is 17.0 Å². The van der Waals surface area contributed by atoms with E-state index in [1.807, 2.05) is 54.6 Å². The first-order valence-corrected chi connectivity index (χ1v) is 6.15. The molecule has 2 aromatic rings. The SMILES string of the molecule is N#CC1C(=O)N(c2ccccc2)Cc2ccccc21. The van der Waals surface area contributed by atoms with Gasteiger partial charge in [0.2, 0.25) is 5.91 Å². The predicted molar refractivity (Wildman–Crippen MR) is 72.4 cm³/mol. The summed E-state index contributed by atoms with van der Waals surface area (Å²) in [6, 6.07) is 19.2. The van der Waals surface area contributed by atoms with E-state index in [0.717, 1.165) is 16.8 Å². The molecule has 0 saturated carbocycles. The first-order valence-electron chi connectivity index (χ1n) is 6.15. The summed E-state index contributed by atoms with van der Waals surface area (Å²) in [5.41, 5.74) is 2.71. The number of hydrogen-bond donors (Lipinski definition) is 0. The highest BCUT2D eigenvalue weighted by Crippen LogP contribution is 2.31. The number of hydrogen-bond acceptors (Lipinski definition) is 2. The van der Waals surface area contributed by atoms with Crippen LogP contribution in [-0.4, -0.2) is 5.91 Å². The number of rotatable bonds is 1. The molecule has 1 amide bonds. The zero-order valence-electron chi connectivity index (χ0n) is 10.3. The highest BCUT2D eigenvalue weighted by Gasteiger charge is 2.33. The Labute approximate surface area is 111 Å². The summed E-state index contributed by atoms with van der Waals surface area (Å²) in [7, 11) is 0. The van der Waals surface area contributed by atoms with Crippen molar-refractivity contribution >= 4 is 11.6 Å². The molecule has 1 aliphatic heterocycles. The Hall–Kier alpha value is -2.60. The lowest BCUT2D eigenvalue weighted by molar-refractivity contribution is -0.119. The molecule has 1 heterocycles. The van der Waals surface area contributed by atoms with Crippen molar-refractivity contribution in [2.45, 2.75) is 12.5 Å². The monoisotopic (exact) mass is 248 g/mol. The number of fused-ring (bicyclic) bond motifs is 1. The number of nitrogens with zero attached hydrogens (tertiary/aromatic N) is 2. The summed E-state index contributed by atoms with van der Waals surface area (Å²) in [6.07, 6.45) is 0. The van der Waals surface area contributed by atoms with Crippen LogP contribution in [0.4, 0.5) is 5.69 Å². The Balaban J connectivity index is 2.08. The average Bonchev–Trinajstić information content (AvgIpc) is 2.47. The third-order valence-corrected chi connectivity index (χ3v) is 3.40. The highest BCUT2D eigenvalue weighted by atomic mass is 16.2. The largest absolute Gasteiger partial charge is 0.307 e. The molecule has 0 saturated heterocycles. The first kappa shape index (κ1) is 11.5. The van der Waals surface area contributed by atoms with Crippen LogP contribution in [0.15, 0.2) is 54.6 Å². The Morgan fingerprint density at radius 1 is 1.05 bits per heavy atom. The van der Waals surface area contributed by atoms with Crippen molar-refractivity contribution in [1.29, 1.82) is 5.26 Å². The molecule has 2 aromatic carbocycles. The summed E-state index contributed by atoms with van der Waals surface area (Å²) < 4.78 is 0. The van der Waals surface area contributed by atoms with Crippen molar-refractivity contribution in [3.05, 3.63) is 65.7 Å². The van der Waals surface area contributed by atoms with Gasteiger partial charge >= 0.3 is 0 Å². The van der Waals surface area contributed by atoms with Gasteiger partial charge in [0.15, 0.2) is 5.92 Å². The zero-order valence-corrected chi connectivity index (χ0v) is 10.3. The molecule has 0 bridgehead atoms. The lowest BCUT2D eigenvalue weighted by Crippen LogP contribution is -2.38. The Kier molecular flexibility index (Phi) is 2.77. The van der Waals surface area contributed by atoms with Gasteiger partial charge in [0.25, 0.3) is 0 Å².